The Morgan fingerprint density at radius 2 is 2.32 bits per heavy atom. The minimum atomic E-state index is -0.356. The van der Waals surface area contributed by atoms with Crippen LogP contribution in [0.25, 0.3) is 0 Å². The minimum absolute atomic E-state index is 0.356. The summed E-state index contributed by atoms with van der Waals surface area (Å²) in [5.74, 6) is -0.356. The zero-order valence-corrected chi connectivity index (χ0v) is 12.1. The predicted molar refractivity (Wildman–Crippen MR) is 77.0 cm³/mol. The van der Waals surface area contributed by atoms with Crippen LogP contribution in [0.15, 0.2) is 24.3 Å². The summed E-state index contributed by atoms with van der Waals surface area (Å²) >= 11 is 7.20. The Morgan fingerprint density at radius 3 is 3.00 bits per heavy atom. The van der Waals surface area contributed by atoms with Crippen LogP contribution in [-0.2, 0) is 11.3 Å². The summed E-state index contributed by atoms with van der Waals surface area (Å²) in [4.78, 5) is 16.3. The Bertz CT molecular complexity index is 598. The molecule has 0 saturated carbocycles. The number of thiazole rings is 1. The number of hydrogen-bond donors (Lipinski definition) is 1. The van der Waals surface area contributed by atoms with Gasteiger partial charge in [-0.1, -0.05) is 35.1 Å². The van der Waals surface area contributed by atoms with E-state index in [0.29, 0.717) is 27.3 Å². The van der Waals surface area contributed by atoms with Gasteiger partial charge in [0.05, 0.1) is 12.8 Å². The average Bonchev–Trinajstić information content (AvgIpc) is 2.77. The van der Waals surface area contributed by atoms with Gasteiger partial charge in [-0.2, -0.15) is 0 Å². The highest BCUT2D eigenvalue weighted by atomic mass is 35.5. The van der Waals surface area contributed by atoms with Crippen molar-refractivity contribution in [1.82, 2.24) is 4.98 Å². The Balaban J connectivity index is 2.06. The highest BCUT2D eigenvalue weighted by molar-refractivity contribution is 7.17. The minimum Gasteiger partial charge on any atom is -0.465 e. The zero-order chi connectivity index (χ0) is 13.8. The zero-order valence-electron chi connectivity index (χ0n) is 10.6. The number of carbonyl (C=O) groups is 1. The van der Waals surface area contributed by atoms with Crippen LogP contribution >= 0.6 is 22.9 Å². The van der Waals surface area contributed by atoms with Gasteiger partial charge in [-0.15, -0.1) is 0 Å². The summed E-state index contributed by atoms with van der Waals surface area (Å²) in [5.41, 5.74) is 1.73. The second-order valence-electron chi connectivity index (χ2n) is 3.91. The van der Waals surface area contributed by atoms with E-state index in [1.807, 2.05) is 24.3 Å². The predicted octanol–water partition coefficient (Wildman–Crippen LogP) is 3.50. The Hall–Kier alpha value is -1.59. The van der Waals surface area contributed by atoms with Crippen LogP contribution in [0.2, 0.25) is 5.02 Å². The lowest BCUT2D eigenvalue weighted by molar-refractivity contribution is 0.0605. The molecule has 6 heteroatoms. The molecule has 100 valence electrons. The Labute approximate surface area is 120 Å². The van der Waals surface area contributed by atoms with Crippen LogP contribution in [0.1, 0.15) is 20.9 Å². The van der Waals surface area contributed by atoms with Gasteiger partial charge in [0.15, 0.2) is 5.13 Å². The van der Waals surface area contributed by atoms with E-state index in [4.69, 9.17) is 16.3 Å². The average molecular weight is 297 g/mol. The van der Waals surface area contributed by atoms with Gasteiger partial charge < -0.3 is 10.1 Å². The smallest absolute Gasteiger partial charge is 0.350 e. The van der Waals surface area contributed by atoms with Crippen LogP contribution < -0.4 is 5.32 Å². The summed E-state index contributed by atoms with van der Waals surface area (Å²) in [7, 11) is 1.36. The standard InChI is InChI=1S/C13H13ClN2O2S/c1-8-11(12(17)18-2)19-13(16-8)15-7-9-4-3-5-10(14)6-9/h3-6H,7H2,1-2H3,(H,15,16). The first-order chi connectivity index (χ1) is 9.10. The van der Waals surface area contributed by atoms with Gasteiger partial charge in [-0.05, 0) is 24.6 Å². The first-order valence-corrected chi connectivity index (χ1v) is 6.83. The summed E-state index contributed by atoms with van der Waals surface area (Å²) in [6, 6.07) is 7.58. The maximum atomic E-state index is 11.5. The van der Waals surface area contributed by atoms with Crippen molar-refractivity contribution in [2.45, 2.75) is 13.5 Å². The molecule has 4 nitrogen and oxygen atoms in total. The van der Waals surface area contributed by atoms with Gasteiger partial charge in [0.25, 0.3) is 0 Å². The van der Waals surface area contributed by atoms with Crippen molar-refractivity contribution in [1.29, 1.82) is 0 Å². The molecule has 1 N–H and O–H groups in total. The third kappa shape index (κ3) is 3.45. The third-order valence-electron chi connectivity index (χ3n) is 2.50. The van der Waals surface area contributed by atoms with Crippen molar-refractivity contribution < 1.29 is 9.53 Å². The van der Waals surface area contributed by atoms with E-state index in [1.165, 1.54) is 18.4 Å². The van der Waals surface area contributed by atoms with Crippen LogP contribution in [-0.4, -0.2) is 18.1 Å². The number of nitrogens with one attached hydrogen (secondary N) is 1. The van der Waals surface area contributed by atoms with E-state index in [0.717, 1.165) is 5.56 Å². The van der Waals surface area contributed by atoms with Gasteiger partial charge in [-0.3, -0.25) is 0 Å². The second kappa shape index (κ2) is 6.04. The van der Waals surface area contributed by atoms with Crippen molar-refractivity contribution in [3.63, 3.8) is 0 Å². The van der Waals surface area contributed by atoms with Crippen LogP contribution in [0.5, 0.6) is 0 Å². The first kappa shape index (κ1) is 13.8. The summed E-state index contributed by atoms with van der Waals surface area (Å²) in [6.07, 6.45) is 0. The summed E-state index contributed by atoms with van der Waals surface area (Å²) < 4.78 is 4.70. The number of benzene rings is 1. The van der Waals surface area contributed by atoms with Crippen molar-refractivity contribution in [2.75, 3.05) is 12.4 Å². The monoisotopic (exact) mass is 296 g/mol. The lowest BCUT2D eigenvalue weighted by atomic mass is 10.2. The summed E-state index contributed by atoms with van der Waals surface area (Å²) in [6.45, 7) is 2.39. The van der Waals surface area contributed by atoms with E-state index in [2.05, 4.69) is 10.3 Å². The second-order valence-corrected chi connectivity index (χ2v) is 5.34. The molecule has 1 aromatic carbocycles. The van der Waals surface area contributed by atoms with Crippen LogP contribution in [0, 0.1) is 6.92 Å². The Morgan fingerprint density at radius 1 is 1.53 bits per heavy atom. The van der Waals surface area contributed by atoms with E-state index >= 15 is 0 Å². The first-order valence-electron chi connectivity index (χ1n) is 5.64. The van der Waals surface area contributed by atoms with Gasteiger partial charge in [0.2, 0.25) is 0 Å². The molecule has 0 aliphatic heterocycles. The fourth-order valence-electron chi connectivity index (χ4n) is 1.58. The van der Waals surface area contributed by atoms with Gasteiger partial charge >= 0.3 is 5.97 Å². The molecule has 2 rings (SSSR count). The quantitative estimate of drug-likeness (QED) is 0.877. The topological polar surface area (TPSA) is 51.2 Å². The fourth-order valence-corrected chi connectivity index (χ4v) is 2.67. The van der Waals surface area contributed by atoms with Crippen molar-refractivity contribution >= 4 is 34.0 Å². The molecule has 19 heavy (non-hydrogen) atoms. The molecule has 0 amide bonds. The number of nitrogens with zero attached hydrogens (tertiary/aromatic N) is 1. The normalized spacial score (nSPS) is 10.3. The number of hydrogen-bond acceptors (Lipinski definition) is 5. The molecule has 0 atom stereocenters. The van der Waals surface area contributed by atoms with Crippen molar-refractivity contribution in [2.24, 2.45) is 0 Å². The molecule has 1 heterocycles. The number of halogens is 1. The van der Waals surface area contributed by atoms with Gasteiger partial charge in [-0.25, -0.2) is 9.78 Å². The Kier molecular flexibility index (Phi) is 4.39. The summed E-state index contributed by atoms with van der Waals surface area (Å²) in [5, 5.41) is 4.56. The number of esters is 1. The SMILES string of the molecule is COC(=O)c1sc(NCc2cccc(Cl)c2)nc1C. The third-order valence-corrected chi connectivity index (χ3v) is 3.83. The molecule has 0 radical (unpaired) electrons. The molecular weight excluding hydrogens is 284 g/mol. The highest BCUT2D eigenvalue weighted by Crippen LogP contribution is 2.24. The number of carbonyl (C=O) groups excluding carboxylic acids is 1. The maximum Gasteiger partial charge on any atom is 0.350 e. The lowest BCUT2D eigenvalue weighted by Gasteiger charge is -2.02. The highest BCUT2D eigenvalue weighted by Gasteiger charge is 2.15. The fraction of sp³-hybridized carbons (Fsp3) is 0.231. The van der Waals surface area contributed by atoms with Crippen LogP contribution in [0.3, 0.4) is 0 Å². The molecule has 0 bridgehead atoms. The number of aromatic nitrogens is 1. The molecule has 0 unspecified atom stereocenters. The number of methoxy groups -OCH3 is 1. The van der Waals surface area contributed by atoms with Gasteiger partial charge in [0, 0.05) is 11.6 Å². The van der Waals surface area contributed by atoms with Crippen LogP contribution in [0.4, 0.5) is 5.13 Å². The molecule has 0 fully saturated rings. The van der Waals surface area contributed by atoms with Crippen molar-refractivity contribution in [3.8, 4) is 0 Å². The van der Waals surface area contributed by atoms with E-state index in [9.17, 15) is 4.79 Å². The number of ether oxygens (including phenoxy) is 1. The molecule has 0 saturated heterocycles. The molecule has 1 aromatic heterocycles. The van der Waals surface area contributed by atoms with E-state index < -0.39 is 0 Å². The largest absolute Gasteiger partial charge is 0.465 e. The van der Waals surface area contributed by atoms with Gasteiger partial charge in [0.1, 0.15) is 4.88 Å². The molecule has 0 aliphatic rings. The number of rotatable bonds is 4. The molecule has 0 aliphatic carbocycles. The number of aryl methyl sites for hydroxylation is 1. The molecule has 2 aromatic rings. The maximum absolute atomic E-state index is 11.5. The number of anilines is 1. The van der Waals surface area contributed by atoms with E-state index in [-0.39, 0.29) is 5.97 Å². The lowest BCUT2D eigenvalue weighted by Crippen LogP contribution is -1.99. The van der Waals surface area contributed by atoms with Crippen molar-refractivity contribution in [3.05, 3.63) is 45.4 Å². The molecule has 0 spiro atoms. The molecular formula is C13H13ClN2O2S. The van der Waals surface area contributed by atoms with E-state index in [1.54, 1.807) is 6.92 Å².